The van der Waals surface area contributed by atoms with Crippen LogP contribution in [0.3, 0.4) is 0 Å². The number of hydrogen-bond acceptors (Lipinski definition) is 8. The fraction of sp³-hybridized carbons (Fsp3) is 0.455. The van der Waals surface area contributed by atoms with Crippen LogP contribution >= 0.6 is 0 Å². The summed E-state index contributed by atoms with van der Waals surface area (Å²) in [6, 6.07) is 8.11. The number of ether oxygens (including phenoxy) is 3. The quantitative estimate of drug-likeness (QED) is 0.343. The van der Waals surface area contributed by atoms with Crippen molar-refractivity contribution < 1.29 is 23.8 Å². The van der Waals surface area contributed by atoms with Crippen LogP contribution in [-0.4, -0.2) is 24.4 Å². The highest BCUT2D eigenvalue weighted by Gasteiger charge is 2.30. The van der Waals surface area contributed by atoms with Crippen molar-refractivity contribution in [1.29, 1.82) is 0 Å². The van der Waals surface area contributed by atoms with Gasteiger partial charge in [-0.15, -0.1) is 4.91 Å². The van der Waals surface area contributed by atoms with Crippen LogP contribution in [0.2, 0.25) is 0 Å². The molecule has 0 N–H and O–H groups in total. The van der Waals surface area contributed by atoms with Crippen molar-refractivity contribution >= 4 is 6.16 Å². The van der Waals surface area contributed by atoms with E-state index in [-0.39, 0.29) is 24.7 Å². The maximum Gasteiger partial charge on any atom is 0.513 e. The molecule has 160 valence electrons. The summed E-state index contributed by atoms with van der Waals surface area (Å²) in [7, 11) is 0. The highest BCUT2D eigenvalue weighted by Crippen LogP contribution is 2.40. The van der Waals surface area contributed by atoms with Crippen LogP contribution in [0.5, 0.6) is 5.75 Å². The van der Waals surface area contributed by atoms with E-state index in [0.29, 0.717) is 24.5 Å². The Bertz CT molecular complexity index is 911. The van der Waals surface area contributed by atoms with Crippen LogP contribution in [0.15, 0.2) is 35.8 Å². The summed E-state index contributed by atoms with van der Waals surface area (Å²) in [5, 5.41) is 2.39. The van der Waals surface area contributed by atoms with E-state index in [2.05, 4.69) is 15.2 Å². The van der Waals surface area contributed by atoms with E-state index >= 15 is 0 Å². The fourth-order valence-corrected chi connectivity index (χ4v) is 3.23. The summed E-state index contributed by atoms with van der Waals surface area (Å²) in [5.74, 6) is 0.375. The molecule has 1 aromatic heterocycles. The first-order valence-electron chi connectivity index (χ1n) is 9.76. The molecule has 1 aromatic carbocycles. The number of aryl methyl sites for hydroxylation is 2. The van der Waals surface area contributed by atoms with Crippen LogP contribution in [0, 0.1) is 24.2 Å². The summed E-state index contributed by atoms with van der Waals surface area (Å²) in [6.45, 7) is 8.15. The number of carbonyl (C=O) groups excluding carboxylic acids is 1. The molecule has 0 saturated carbocycles. The monoisotopic (exact) mass is 414 g/mol. The summed E-state index contributed by atoms with van der Waals surface area (Å²) in [5.41, 5.74) is 4.09. The van der Waals surface area contributed by atoms with E-state index in [4.69, 9.17) is 14.2 Å². The van der Waals surface area contributed by atoms with Gasteiger partial charge in [0.05, 0.1) is 18.9 Å². The summed E-state index contributed by atoms with van der Waals surface area (Å²) in [4.78, 5) is 31.3. The number of fused-ring (bicyclic) bond motifs is 1. The van der Waals surface area contributed by atoms with Crippen LogP contribution in [0.25, 0.3) is 0 Å². The van der Waals surface area contributed by atoms with Crippen molar-refractivity contribution in [2.75, 3.05) is 13.2 Å². The van der Waals surface area contributed by atoms with E-state index in [1.54, 1.807) is 13.1 Å². The van der Waals surface area contributed by atoms with E-state index in [0.717, 1.165) is 16.7 Å². The number of hydrogen-bond donors (Lipinski definition) is 0. The van der Waals surface area contributed by atoms with Gasteiger partial charge in [0, 0.05) is 22.7 Å². The molecular weight excluding hydrogens is 388 g/mol. The zero-order valence-corrected chi connectivity index (χ0v) is 17.6. The van der Waals surface area contributed by atoms with Crippen molar-refractivity contribution in [3.63, 3.8) is 0 Å². The predicted octanol–water partition coefficient (Wildman–Crippen LogP) is 4.95. The second-order valence-electron chi connectivity index (χ2n) is 8.17. The van der Waals surface area contributed by atoms with Crippen LogP contribution in [0.1, 0.15) is 54.3 Å². The third-order valence-electron chi connectivity index (χ3n) is 5.10. The molecule has 0 aliphatic carbocycles. The Kier molecular flexibility index (Phi) is 6.66. The van der Waals surface area contributed by atoms with Crippen LogP contribution in [0.4, 0.5) is 4.79 Å². The van der Waals surface area contributed by atoms with Gasteiger partial charge in [0.25, 0.3) is 0 Å². The van der Waals surface area contributed by atoms with Gasteiger partial charge in [-0.1, -0.05) is 43.7 Å². The molecule has 8 heteroatoms. The maximum atomic E-state index is 12.2. The Hall–Kier alpha value is -3.00. The largest absolute Gasteiger partial charge is 0.513 e. The lowest BCUT2D eigenvalue weighted by atomic mass is 9.91. The Morgan fingerprint density at radius 3 is 2.70 bits per heavy atom. The molecule has 1 aliphatic rings. The molecule has 0 radical (unpaired) electrons. The third kappa shape index (κ3) is 5.13. The number of pyridine rings is 1. The van der Waals surface area contributed by atoms with Gasteiger partial charge in [0.2, 0.25) is 0 Å². The zero-order chi connectivity index (χ0) is 21.7. The topological polar surface area (TPSA) is 96.3 Å². The lowest BCUT2D eigenvalue weighted by Gasteiger charge is -2.21. The van der Waals surface area contributed by atoms with Crippen molar-refractivity contribution in [1.82, 2.24) is 4.98 Å². The van der Waals surface area contributed by atoms with E-state index in [9.17, 15) is 9.70 Å². The SMILES string of the molecule is Cc1ccc([C@@H]2OCc3c2cnc(C)c3OC(=O)OCCC(C)(C)CON=O)cc1. The van der Waals surface area contributed by atoms with Gasteiger partial charge >= 0.3 is 6.16 Å². The van der Waals surface area contributed by atoms with Crippen molar-refractivity contribution in [2.45, 2.75) is 46.8 Å². The Morgan fingerprint density at radius 2 is 2.00 bits per heavy atom. The standard InChI is InChI=1S/C22H26N2O6/c1-14-5-7-16(8-6-14)20-17-11-23-15(2)19(18(17)12-28-20)30-21(25)27-10-9-22(3,4)13-29-24-26/h5-8,11,20H,9-10,12-13H2,1-4H3/t20-/m0/s1. The molecule has 1 atom stereocenters. The van der Waals surface area contributed by atoms with Crippen LogP contribution < -0.4 is 4.74 Å². The number of carbonyl (C=O) groups is 1. The second kappa shape index (κ2) is 9.21. The normalized spacial score (nSPS) is 15.4. The molecule has 0 saturated heterocycles. The lowest BCUT2D eigenvalue weighted by molar-refractivity contribution is 0.0378. The number of rotatable bonds is 8. The average molecular weight is 414 g/mol. The van der Waals surface area contributed by atoms with Gasteiger partial charge < -0.3 is 19.0 Å². The molecule has 0 unspecified atom stereocenters. The fourth-order valence-electron chi connectivity index (χ4n) is 3.23. The van der Waals surface area contributed by atoms with Gasteiger partial charge in [-0.25, -0.2) is 4.79 Å². The smallest absolute Gasteiger partial charge is 0.434 e. The lowest BCUT2D eigenvalue weighted by Crippen LogP contribution is -2.22. The molecule has 0 fully saturated rings. The van der Waals surface area contributed by atoms with E-state index in [1.165, 1.54) is 5.56 Å². The summed E-state index contributed by atoms with van der Waals surface area (Å²) in [6.07, 6.45) is 1.20. The minimum atomic E-state index is -0.808. The summed E-state index contributed by atoms with van der Waals surface area (Å²) >= 11 is 0. The van der Waals surface area contributed by atoms with E-state index < -0.39 is 6.16 Å². The first kappa shape index (κ1) is 21.7. The Morgan fingerprint density at radius 1 is 1.27 bits per heavy atom. The molecule has 30 heavy (non-hydrogen) atoms. The first-order valence-corrected chi connectivity index (χ1v) is 9.76. The predicted molar refractivity (Wildman–Crippen MR) is 109 cm³/mol. The van der Waals surface area contributed by atoms with Gasteiger partial charge in [0.15, 0.2) is 11.1 Å². The highest BCUT2D eigenvalue weighted by atomic mass is 16.7. The summed E-state index contributed by atoms with van der Waals surface area (Å²) < 4.78 is 16.7. The molecule has 0 spiro atoms. The Labute approximate surface area is 175 Å². The second-order valence-corrected chi connectivity index (χ2v) is 8.17. The number of benzene rings is 1. The van der Waals surface area contributed by atoms with Crippen molar-refractivity contribution in [3.8, 4) is 5.75 Å². The molecular formula is C22H26N2O6. The molecule has 3 rings (SSSR count). The third-order valence-corrected chi connectivity index (χ3v) is 5.10. The van der Waals surface area contributed by atoms with Gasteiger partial charge in [-0.3, -0.25) is 4.98 Å². The van der Waals surface area contributed by atoms with Crippen molar-refractivity contribution in [2.24, 2.45) is 10.8 Å². The van der Waals surface area contributed by atoms with Crippen molar-refractivity contribution in [3.05, 3.63) is 63.3 Å². The van der Waals surface area contributed by atoms with Crippen LogP contribution in [-0.2, 0) is 20.9 Å². The zero-order valence-electron chi connectivity index (χ0n) is 17.6. The van der Waals surface area contributed by atoms with Gasteiger partial charge in [-0.2, -0.15) is 0 Å². The minimum Gasteiger partial charge on any atom is -0.434 e. The number of aromatic nitrogens is 1. The molecule has 0 bridgehead atoms. The molecule has 2 aromatic rings. The van der Waals surface area contributed by atoms with Gasteiger partial charge in [0.1, 0.15) is 12.7 Å². The molecule has 2 heterocycles. The molecule has 1 aliphatic heterocycles. The first-order chi connectivity index (χ1) is 14.3. The maximum absolute atomic E-state index is 12.2. The average Bonchev–Trinajstić information content (AvgIpc) is 3.13. The number of nitrogens with zero attached hydrogens (tertiary/aromatic N) is 2. The Balaban J connectivity index is 1.66. The molecule has 0 amide bonds. The minimum absolute atomic E-state index is 0.123. The van der Waals surface area contributed by atoms with E-state index in [1.807, 2.05) is 45.0 Å². The van der Waals surface area contributed by atoms with Gasteiger partial charge in [-0.05, 0) is 25.8 Å². The molecule has 8 nitrogen and oxygen atoms in total. The highest BCUT2D eigenvalue weighted by molar-refractivity contribution is 5.66.